The normalized spacial score (nSPS) is 13.1. The molecule has 9 nitrogen and oxygen atoms in total. The summed E-state index contributed by atoms with van der Waals surface area (Å²) >= 11 is 0. The number of nitrogens with one attached hydrogen (secondary N) is 1. The van der Waals surface area contributed by atoms with Gasteiger partial charge in [-0.25, -0.2) is 4.79 Å². The maximum atomic E-state index is 12.9. The highest BCUT2D eigenvalue weighted by Gasteiger charge is 2.35. The first-order valence-electron chi connectivity index (χ1n) is 8.54. The molecular weight excluding hydrogens is 368 g/mol. The third kappa shape index (κ3) is 7.18. The van der Waals surface area contributed by atoms with E-state index in [-0.39, 0.29) is 18.4 Å². The molecule has 1 unspecified atom stereocenters. The van der Waals surface area contributed by atoms with Crippen molar-refractivity contribution in [2.45, 2.75) is 51.2 Å². The number of amides is 2. The fourth-order valence-electron chi connectivity index (χ4n) is 2.42. The summed E-state index contributed by atoms with van der Waals surface area (Å²) in [7, 11) is 0. The molecule has 0 radical (unpaired) electrons. The fraction of sp³-hybridized carbons (Fsp3) is 0.421. The van der Waals surface area contributed by atoms with Gasteiger partial charge in [0.1, 0.15) is 17.8 Å². The molecule has 152 valence electrons. The van der Waals surface area contributed by atoms with E-state index in [1.807, 2.05) is 0 Å². The quantitative estimate of drug-likeness (QED) is 0.424. The highest BCUT2D eigenvalue weighted by molar-refractivity contribution is 6.07. The van der Waals surface area contributed by atoms with Gasteiger partial charge in [-0.15, -0.1) is 0 Å². The Morgan fingerprint density at radius 1 is 1.18 bits per heavy atom. The van der Waals surface area contributed by atoms with Gasteiger partial charge in [-0.1, -0.05) is 24.3 Å². The average Bonchev–Trinajstić information content (AvgIpc) is 2.57. The molecule has 2 atom stereocenters. The highest BCUT2D eigenvalue weighted by Crippen LogP contribution is 2.21. The topological polar surface area (TPSA) is 153 Å². The number of benzene rings is 1. The molecule has 0 aromatic heterocycles. The van der Waals surface area contributed by atoms with Crippen molar-refractivity contribution in [1.82, 2.24) is 5.32 Å². The van der Waals surface area contributed by atoms with Crippen LogP contribution in [0.15, 0.2) is 24.3 Å². The second kappa shape index (κ2) is 9.63. The first-order chi connectivity index (χ1) is 12.9. The van der Waals surface area contributed by atoms with E-state index in [1.54, 1.807) is 20.8 Å². The Kier molecular flexibility index (Phi) is 7.85. The Bertz CT molecular complexity index is 751. The van der Waals surface area contributed by atoms with Crippen molar-refractivity contribution in [1.29, 1.82) is 0 Å². The summed E-state index contributed by atoms with van der Waals surface area (Å²) in [5, 5.41) is 11.9. The maximum absolute atomic E-state index is 12.9. The van der Waals surface area contributed by atoms with E-state index in [0.717, 1.165) is 0 Å². The fourth-order valence-corrected chi connectivity index (χ4v) is 2.42. The van der Waals surface area contributed by atoms with Crippen molar-refractivity contribution in [2.24, 2.45) is 5.73 Å². The molecule has 0 bridgehead atoms. The first-order valence-corrected chi connectivity index (χ1v) is 8.54. The molecular formula is C19H24N2O7. The van der Waals surface area contributed by atoms with Gasteiger partial charge in [0, 0.05) is 12.0 Å². The van der Waals surface area contributed by atoms with Gasteiger partial charge < -0.3 is 20.9 Å². The SMILES string of the molecule is CC(C)(C)OC(=O)N[C@@H](CCC(N)=O)C(=O)C(C(=O)O)c1ccc(C=O)cc1. The summed E-state index contributed by atoms with van der Waals surface area (Å²) in [5.41, 5.74) is 4.73. The Morgan fingerprint density at radius 2 is 1.75 bits per heavy atom. The lowest BCUT2D eigenvalue weighted by Crippen LogP contribution is -2.46. The number of hydrogen-bond donors (Lipinski definition) is 3. The molecule has 0 aliphatic rings. The number of primary amides is 1. The third-order valence-electron chi connectivity index (χ3n) is 3.65. The summed E-state index contributed by atoms with van der Waals surface area (Å²) in [6, 6.07) is 4.16. The van der Waals surface area contributed by atoms with E-state index < -0.39 is 41.3 Å². The largest absolute Gasteiger partial charge is 0.480 e. The molecule has 0 fully saturated rings. The lowest BCUT2D eigenvalue weighted by atomic mass is 9.88. The van der Waals surface area contributed by atoms with E-state index in [1.165, 1.54) is 24.3 Å². The molecule has 0 aliphatic carbocycles. The number of carbonyl (C=O) groups is 5. The predicted molar refractivity (Wildman–Crippen MR) is 98.8 cm³/mol. The lowest BCUT2D eigenvalue weighted by Gasteiger charge is -2.24. The zero-order valence-corrected chi connectivity index (χ0v) is 15.9. The number of Topliss-reactive ketones (excluding diaryl/α,β-unsaturated/α-hetero) is 1. The van der Waals surface area contributed by atoms with Gasteiger partial charge in [0.2, 0.25) is 5.91 Å². The Morgan fingerprint density at radius 3 is 2.18 bits per heavy atom. The van der Waals surface area contributed by atoms with Crippen LogP contribution in [0, 0.1) is 0 Å². The maximum Gasteiger partial charge on any atom is 0.408 e. The van der Waals surface area contributed by atoms with E-state index in [0.29, 0.717) is 11.8 Å². The monoisotopic (exact) mass is 392 g/mol. The highest BCUT2D eigenvalue weighted by atomic mass is 16.6. The van der Waals surface area contributed by atoms with Crippen LogP contribution in [-0.4, -0.2) is 46.8 Å². The number of aliphatic carboxylic acids is 1. The van der Waals surface area contributed by atoms with Gasteiger partial charge in [0.15, 0.2) is 5.78 Å². The molecule has 2 amide bonds. The first kappa shape index (κ1) is 22.8. The Labute approximate surface area is 162 Å². The number of alkyl carbamates (subject to hydrolysis) is 1. The van der Waals surface area contributed by atoms with Gasteiger partial charge in [-0.2, -0.15) is 0 Å². The molecule has 1 aromatic carbocycles. The zero-order valence-electron chi connectivity index (χ0n) is 15.9. The number of carboxylic acid groups (broad SMARTS) is 1. The second-order valence-electron chi connectivity index (χ2n) is 7.16. The van der Waals surface area contributed by atoms with Gasteiger partial charge >= 0.3 is 12.1 Å². The number of aldehydes is 1. The van der Waals surface area contributed by atoms with Crippen LogP contribution in [0.2, 0.25) is 0 Å². The van der Waals surface area contributed by atoms with E-state index in [2.05, 4.69) is 5.32 Å². The molecule has 1 aromatic rings. The van der Waals surface area contributed by atoms with Crippen molar-refractivity contribution < 1.29 is 33.8 Å². The molecule has 1 rings (SSSR count). The van der Waals surface area contributed by atoms with Crippen LogP contribution in [0.4, 0.5) is 4.79 Å². The minimum absolute atomic E-state index is 0.137. The predicted octanol–water partition coefficient (Wildman–Crippen LogP) is 1.40. The summed E-state index contributed by atoms with van der Waals surface area (Å²) in [6.45, 7) is 4.88. The Hall–Kier alpha value is -3.23. The number of carbonyl (C=O) groups excluding carboxylic acids is 4. The van der Waals surface area contributed by atoms with Gasteiger partial charge in [-0.3, -0.25) is 19.2 Å². The minimum Gasteiger partial charge on any atom is -0.480 e. The van der Waals surface area contributed by atoms with Gasteiger partial charge in [0.25, 0.3) is 0 Å². The average molecular weight is 392 g/mol. The number of ether oxygens (including phenoxy) is 1. The zero-order chi connectivity index (χ0) is 21.5. The van der Waals surface area contributed by atoms with E-state index in [4.69, 9.17) is 10.5 Å². The molecule has 4 N–H and O–H groups in total. The van der Waals surface area contributed by atoms with E-state index in [9.17, 15) is 29.1 Å². The lowest BCUT2D eigenvalue weighted by molar-refractivity contribution is -0.143. The minimum atomic E-state index is -1.60. The van der Waals surface area contributed by atoms with E-state index >= 15 is 0 Å². The molecule has 0 aliphatic heterocycles. The molecule has 28 heavy (non-hydrogen) atoms. The molecule has 0 heterocycles. The summed E-state index contributed by atoms with van der Waals surface area (Å²) in [4.78, 5) is 58.5. The van der Waals surface area contributed by atoms with Crippen molar-refractivity contribution in [3.05, 3.63) is 35.4 Å². The van der Waals surface area contributed by atoms with Gasteiger partial charge in [0.05, 0.1) is 6.04 Å². The van der Waals surface area contributed by atoms with Gasteiger partial charge in [-0.05, 0) is 32.8 Å². The van der Waals surface area contributed by atoms with Crippen LogP contribution < -0.4 is 11.1 Å². The van der Waals surface area contributed by atoms with Crippen LogP contribution in [0.1, 0.15) is 55.5 Å². The van der Waals surface area contributed by atoms with Crippen molar-refractivity contribution in [3.8, 4) is 0 Å². The van der Waals surface area contributed by atoms with Crippen LogP contribution in [0.5, 0.6) is 0 Å². The summed E-state index contributed by atoms with van der Waals surface area (Å²) < 4.78 is 5.10. The van der Waals surface area contributed by atoms with Crippen molar-refractivity contribution in [2.75, 3.05) is 0 Å². The van der Waals surface area contributed by atoms with Crippen molar-refractivity contribution >= 4 is 30.0 Å². The van der Waals surface area contributed by atoms with Crippen LogP contribution in [0.3, 0.4) is 0 Å². The summed E-state index contributed by atoms with van der Waals surface area (Å²) in [5.74, 6) is -4.57. The number of nitrogens with two attached hydrogens (primary N) is 1. The number of rotatable bonds is 9. The molecule has 0 saturated heterocycles. The molecule has 0 saturated carbocycles. The smallest absolute Gasteiger partial charge is 0.408 e. The number of hydrogen-bond acceptors (Lipinski definition) is 6. The number of carboxylic acids is 1. The Balaban J connectivity index is 3.13. The van der Waals surface area contributed by atoms with Crippen LogP contribution in [0.25, 0.3) is 0 Å². The van der Waals surface area contributed by atoms with Crippen LogP contribution in [-0.2, 0) is 19.1 Å². The molecule has 0 spiro atoms. The second-order valence-corrected chi connectivity index (χ2v) is 7.16. The standard InChI is InChI=1S/C19H24N2O7/c1-19(2,3)28-18(27)21-13(8-9-14(20)23)16(24)15(17(25)26)12-6-4-11(10-22)5-7-12/h4-7,10,13,15H,8-9H2,1-3H3,(H2,20,23)(H,21,27)(H,25,26)/t13-,15?/m0/s1. The summed E-state index contributed by atoms with van der Waals surface area (Å²) in [6.07, 6.45) is -0.747. The van der Waals surface area contributed by atoms with Crippen molar-refractivity contribution in [3.63, 3.8) is 0 Å². The number of ketones is 1. The third-order valence-corrected chi connectivity index (χ3v) is 3.65. The van der Waals surface area contributed by atoms with Crippen LogP contribution >= 0.6 is 0 Å². The molecule has 9 heteroatoms.